The van der Waals surface area contributed by atoms with Crippen molar-refractivity contribution in [2.75, 3.05) is 24.7 Å². The maximum atomic E-state index is 12.4. The van der Waals surface area contributed by atoms with Gasteiger partial charge in [-0.25, -0.2) is 9.59 Å². The summed E-state index contributed by atoms with van der Waals surface area (Å²) in [5, 5.41) is 3.08. The second-order valence-electron chi connectivity index (χ2n) is 5.77. The molecule has 0 aliphatic rings. The molecule has 2 N–H and O–H groups in total. The van der Waals surface area contributed by atoms with Crippen LogP contribution in [0.2, 0.25) is 0 Å². The zero-order valence-electron chi connectivity index (χ0n) is 16.9. The predicted octanol–water partition coefficient (Wildman–Crippen LogP) is 2.37. The molecule has 186 valence electrons. The van der Waals surface area contributed by atoms with Crippen LogP contribution in [0, 0.1) is 0 Å². The van der Waals surface area contributed by atoms with Crippen LogP contribution in [0.3, 0.4) is 0 Å². The third kappa shape index (κ3) is 12.3. The van der Waals surface area contributed by atoms with E-state index in [0.29, 0.717) is 0 Å². The van der Waals surface area contributed by atoms with Crippen LogP contribution in [-0.4, -0.2) is 72.9 Å². The minimum atomic E-state index is -5.18. The Hall–Kier alpha value is -1.84. The molecule has 0 bridgehead atoms. The molecular weight excluding hydrogens is 494 g/mol. The van der Waals surface area contributed by atoms with E-state index in [9.17, 15) is 45.5 Å². The molecule has 2 amide bonds. The Balaban J connectivity index is 4.65. The highest BCUT2D eigenvalue weighted by molar-refractivity contribution is 8.76. The minimum absolute atomic E-state index is 0.0608. The standard InChI is InChI=1S/C16H22F6N2O6S2/c1-3-29-11(25)9(23-13(27)15(17,18)19)5-7-31-32-8-6-10(12(26)30-4-2)24-14(28)16(20,21)22/h9-10H,3-8H2,1-2H3,(H,23,27)(H,24,28)/t9-,10-/m0/s1. The summed E-state index contributed by atoms with van der Waals surface area (Å²) >= 11 is 0. The minimum Gasteiger partial charge on any atom is -0.464 e. The summed E-state index contributed by atoms with van der Waals surface area (Å²) in [6, 6.07) is -3.09. The van der Waals surface area contributed by atoms with Gasteiger partial charge in [-0.05, 0) is 26.7 Å². The molecule has 0 aliphatic heterocycles. The van der Waals surface area contributed by atoms with Gasteiger partial charge in [0, 0.05) is 11.5 Å². The molecule has 0 unspecified atom stereocenters. The quantitative estimate of drug-likeness (QED) is 0.166. The van der Waals surface area contributed by atoms with Gasteiger partial charge in [-0.15, -0.1) is 0 Å². The topological polar surface area (TPSA) is 111 Å². The summed E-state index contributed by atoms with van der Waals surface area (Å²) < 4.78 is 83.6. The van der Waals surface area contributed by atoms with E-state index in [4.69, 9.17) is 0 Å². The highest BCUT2D eigenvalue weighted by Gasteiger charge is 2.42. The zero-order valence-corrected chi connectivity index (χ0v) is 18.6. The highest BCUT2D eigenvalue weighted by atomic mass is 33.1. The van der Waals surface area contributed by atoms with Crippen molar-refractivity contribution in [3.8, 4) is 0 Å². The third-order valence-corrected chi connectivity index (χ3v) is 5.80. The Kier molecular flexibility index (Phi) is 13.5. The SMILES string of the molecule is CCOC(=O)[C@H](CCSSCC[C@H](NC(=O)C(F)(F)F)C(=O)OCC)NC(=O)C(F)(F)F. The Bertz CT molecular complexity index is 593. The first-order valence-corrected chi connectivity index (χ1v) is 11.6. The number of hydrogen-bond donors (Lipinski definition) is 2. The molecule has 0 aromatic heterocycles. The maximum absolute atomic E-state index is 12.4. The number of amides is 2. The summed E-state index contributed by atoms with van der Waals surface area (Å²) in [6.45, 7) is 2.64. The fourth-order valence-electron chi connectivity index (χ4n) is 1.91. The Morgan fingerprint density at radius 1 is 0.719 bits per heavy atom. The lowest BCUT2D eigenvalue weighted by molar-refractivity contribution is -0.175. The van der Waals surface area contributed by atoms with Crippen molar-refractivity contribution < 1.29 is 55.0 Å². The van der Waals surface area contributed by atoms with Gasteiger partial charge < -0.3 is 20.1 Å². The smallest absolute Gasteiger partial charge is 0.464 e. The van der Waals surface area contributed by atoms with E-state index in [2.05, 4.69) is 9.47 Å². The second kappa shape index (κ2) is 14.3. The number of carbonyl (C=O) groups excluding carboxylic acids is 4. The Labute approximate surface area is 187 Å². The van der Waals surface area contributed by atoms with E-state index in [1.807, 2.05) is 0 Å². The van der Waals surface area contributed by atoms with Crippen LogP contribution in [0.1, 0.15) is 26.7 Å². The van der Waals surface area contributed by atoms with Crippen molar-refractivity contribution in [3.05, 3.63) is 0 Å². The molecule has 0 fully saturated rings. The van der Waals surface area contributed by atoms with Crippen LogP contribution in [0.5, 0.6) is 0 Å². The predicted molar refractivity (Wildman–Crippen MR) is 103 cm³/mol. The summed E-state index contributed by atoms with van der Waals surface area (Å²) in [5.41, 5.74) is 0. The number of carbonyl (C=O) groups is 4. The molecular formula is C16H22F6N2O6S2. The molecule has 16 heteroatoms. The number of alkyl halides is 6. The Morgan fingerprint density at radius 3 is 1.28 bits per heavy atom. The third-order valence-electron chi connectivity index (χ3n) is 3.33. The molecule has 0 aromatic carbocycles. The van der Waals surface area contributed by atoms with Crippen LogP contribution in [0.15, 0.2) is 0 Å². The monoisotopic (exact) mass is 516 g/mol. The first kappa shape index (κ1) is 30.2. The van der Waals surface area contributed by atoms with Gasteiger partial charge in [-0.3, -0.25) is 9.59 Å². The van der Waals surface area contributed by atoms with E-state index < -0.39 is 48.2 Å². The lowest BCUT2D eigenvalue weighted by Crippen LogP contribution is -2.47. The van der Waals surface area contributed by atoms with Crippen molar-refractivity contribution in [2.45, 2.75) is 51.1 Å². The molecule has 0 saturated carbocycles. The zero-order chi connectivity index (χ0) is 24.9. The largest absolute Gasteiger partial charge is 0.471 e. The number of esters is 2. The van der Waals surface area contributed by atoms with Gasteiger partial charge in [0.15, 0.2) is 0 Å². The van der Waals surface area contributed by atoms with Gasteiger partial charge in [0.25, 0.3) is 0 Å². The van der Waals surface area contributed by atoms with E-state index in [0.717, 1.165) is 21.6 Å². The van der Waals surface area contributed by atoms with Crippen molar-refractivity contribution in [1.29, 1.82) is 0 Å². The number of hydrogen-bond acceptors (Lipinski definition) is 8. The summed E-state index contributed by atoms with van der Waals surface area (Å²) in [7, 11) is 2.06. The number of ether oxygens (including phenoxy) is 2. The molecule has 0 aromatic rings. The van der Waals surface area contributed by atoms with Gasteiger partial charge >= 0.3 is 36.1 Å². The summed E-state index contributed by atoms with van der Waals surface area (Å²) in [6.07, 6.45) is -10.8. The van der Waals surface area contributed by atoms with E-state index in [1.54, 1.807) is 0 Å². The average Bonchev–Trinajstić information content (AvgIpc) is 2.67. The summed E-state index contributed by atoms with van der Waals surface area (Å²) in [5.74, 6) is -6.58. The van der Waals surface area contributed by atoms with Crippen LogP contribution in [-0.2, 0) is 28.7 Å². The Morgan fingerprint density at radius 2 is 1.03 bits per heavy atom. The van der Waals surface area contributed by atoms with Crippen LogP contribution in [0.4, 0.5) is 26.3 Å². The average molecular weight is 516 g/mol. The van der Waals surface area contributed by atoms with Gasteiger partial charge in [-0.1, -0.05) is 21.6 Å². The lowest BCUT2D eigenvalue weighted by Gasteiger charge is -2.18. The number of halogens is 6. The first-order chi connectivity index (χ1) is 14.7. The van der Waals surface area contributed by atoms with Gasteiger partial charge in [0.05, 0.1) is 13.2 Å². The normalized spacial score (nSPS) is 13.6. The number of rotatable bonds is 13. The van der Waals surface area contributed by atoms with Crippen molar-refractivity contribution in [2.24, 2.45) is 0 Å². The molecule has 2 atom stereocenters. The first-order valence-electron chi connectivity index (χ1n) is 9.07. The van der Waals surface area contributed by atoms with Crippen molar-refractivity contribution >= 4 is 45.3 Å². The second-order valence-corrected chi connectivity index (χ2v) is 8.48. The van der Waals surface area contributed by atoms with E-state index in [-0.39, 0.29) is 37.6 Å². The molecule has 0 aliphatic carbocycles. The molecule has 32 heavy (non-hydrogen) atoms. The van der Waals surface area contributed by atoms with Crippen molar-refractivity contribution in [1.82, 2.24) is 10.6 Å². The van der Waals surface area contributed by atoms with Crippen molar-refractivity contribution in [3.63, 3.8) is 0 Å². The van der Waals surface area contributed by atoms with Crippen LogP contribution >= 0.6 is 21.6 Å². The molecule has 0 rings (SSSR count). The van der Waals surface area contributed by atoms with E-state index in [1.165, 1.54) is 24.5 Å². The fraction of sp³-hybridized carbons (Fsp3) is 0.750. The lowest BCUT2D eigenvalue weighted by atomic mass is 10.2. The highest BCUT2D eigenvalue weighted by Crippen LogP contribution is 2.25. The van der Waals surface area contributed by atoms with Gasteiger partial charge in [0.2, 0.25) is 0 Å². The molecule has 0 saturated heterocycles. The van der Waals surface area contributed by atoms with Crippen LogP contribution in [0.25, 0.3) is 0 Å². The molecule has 8 nitrogen and oxygen atoms in total. The molecule has 0 spiro atoms. The van der Waals surface area contributed by atoms with E-state index >= 15 is 0 Å². The van der Waals surface area contributed by atoms with Gasteiger partial charge in [0.1, 0.15) is 12.1 Å². The molecule has 0 heterocycles. The van der Waals surface area contributed by atoms with Crippen LogP contribution < -0.4 is 10.6 Å². The molecule has 0 radical (unpaired) electrons. The summed E-state index contributed by atoms with van der Waals surface area (Å²) in [4.78, 5) is 45.6. The fourth-order valence-corrected chi connectivity index (χ4v) is 4.10. The number of nitrogens with one attached hydrogen (secondary N) is 2. The maximum Gasteiger partial charge on any atom is 0.471 e. The van der Waals surface area contributed by atoms with Gasteiger partial charge in [-0.2, -0.15) is 26.3 Å².